The van der Waals surface area contributed by atoms with Crippen LogP contribution in [0.2, 0.25) is 0 Å². The molecule has 0 aromatic rings. The Balaban J connectivity index is 2.53. The van der Waals surface area contributed by atoms with E-state index < -0.39 is 24.7 Å². The Morgan fingerprint density at radius 1 is 1.27 bits per heavy atom. The van der Waals surface area contributed by atoms with Crippen LogP contribution < -0.4 is 5.73 Å². The highest BCUT2D eigenvalue weighted by molar-refractivity contribution is 4.84. The third-order valence-corrected chi connectivity index (χ3v) is 1.72. The molecule has 3 N–H and O–H groups in total. The lowest BCUT2D eigenvalue weighted by Gasteiger charge is -2.12. The van der Waals surface area contributed by atoms with Crippen LogP contribution in [0.5, 0.6) is 0 Å². The number of methoxy groups -OCH3 is 2. The van der Waals surface area contributed by atoms with Crippen molar-refractivity contribution in [2.75, 3.05) is 14.2 Å². The zero-order chi connectivity index (χ0) is 8.43. The second-order valence-corrected chi connectivity index (χ2v) is 2.41. The Labute approximate surface area is 65.0 Å². The van der Waals surface area contributed by atoms with Crippen molar-refractivity contribution in [3.8, 4) is 0 Å². The first-order valence-corrected chi connectivity index (χ1v) is 3.35. The first kappa shape index (κ1) is 8.89. The topological polar surface area (TPSA) is 73.9 Å². The van der Waals surface area contributed by atoms with Crippen LogP contribution in [-0.2, 0) is 14.2 Å². The Kier molecular flexibility index (Phi) is 2.80. The predicted molar refractivity (Wildman–Crippen MR) is 36.7 cm³/mol. The highest BCUT2D eigenvalue weighted by atomic mass is 16.8. The van der Waals surface area contributed by atoms with Crippen LogP contribution >= 0.6 is 0 Å². The summed E-state index contributed by atoms with van der Waals surface area (Å²) < 4.78 is 14.7. The highest BCUT2D eigenvalue weighted by Gasteiger charge is 2.41. The van der Waals surface area contributed by atoms with Crippen LogP contribution in [0.4, 0.5) is 0 Å². The van der Waals surface area contributed by atoms with Crippen LogP contribution in [0.1, 0.15) is 0 Å². The van der Waals surface area contributed by atoms with E-state index in [0.717, 1.165) is 0 Å². The lowest BCUT2D eigenvalue weighted by molar-refractivity contribution is -0.200. The van der Waals surface area contributed by atoms with Crippen molar-refractivity contribution in [1.82, 2.24) is 0 Å². The quantitative estimate of drug-likeness (QED) is 0.526. The van der Waals surface area contributed by atoms with Gasteiger partial charge in [0.15, 0.2) is 12.6 Å². The summed E-state index contributed by atoms with van der Waals surface area (Å²) in [4.78, 5) is 0. The molecule has 1 fully saturated rings. The molecule has 0 amide bonds. The van der Waals surface area contributed by atoms with E-state index in [0.29, 0.717) is 0 Å². The number of ether oxygens (including phenoxy) is 3. The van der Waals surface area contributed by atoms with Crippen molar-refractivity contribution in [3.63, 3.8) is 0 Å². The number of aliphatic hydroxyl groups excluding tert-OH is 1. The van der Waals surface area contributed by atoms with Gasteiger partial charge in [-0.25, -0.2) is 0 Å². The summed E-state index contributed by atoms with van der Waals surface area (Å²) in [5.41, 5.74) is 5.52. The number of hydrogen-bond donors (Lipinski definition) is 2. The number of hydrogen-bond acceptors (Lipinski definition) is 5. The molecule has 1 aliphatic rings. The molecule has 0 radical (unpaired) electrons. The third kappa shape index (κ3) is 1.52. The van der Waals surface area contributed by atoms with E-state index in [4.69, 9.17) is 19.9 Å². The monoisotopic (exact) mass is 163 g/mol. The van der Waals surface area contributed by atoms with Gasteiger partial charge in [-0.1, -0.05) is 0 Å². The molecule has 1 rings (SSSR count). The van der Waals surface area contributed by atoms with Gasteiger partial charge in [-0.3, -0.25) is 0 Å². The fourth-order valence-electron chi connectivity index (χ4n) is 1.05. The first-order chi connectivity index (χ1) is 5.20. The average molecular weight is 163 g/mol. The lowest BCUT2D eigenvalue weighted by Crippen LogP contribution is -2.41. The Hall–Kier alpha value is -0.200. The van der Waals surface area contributed by atoms with Gasteiger partial charge in [-0.15, -0.1) is 0 Å². The Morgan fingerprint density at radius 2 is 1.82 bits per heavy atom. The zero-order valence-electron chi connectivity index (χ0n) is 6.56. The van der Waals surface area contributed by atoms with Gasteiger partial charge in [0.1, 0.15) is 6.10 Å². The van der Waals surface area contributed by atoms with Crippen molar-refractivity contribution < 1.29 is 19.3 Å². The number of aliphatic hydroxyl groups is 1. The molecule has 0 unspecified atom stereocenters. The van der Waals surface area contributed by atoms with Gasteiger partial charge in [0.2, 0.25) is 0 Å². The van der Waals surface area contributed by atoms with E-state index in [2.05, 4.69) is 0 Å². The van der Waals surface area contributed by atoms with Crippen LogP contribution in [0, 0.1) is 0 Å². The number of nitrogens with two attached hydrogens (primary N) is 1. The standard InChI is InChI=1S/C6H13NO4/c1-9-5-3(7)4(8)6(10-2)11-5/h3-6,8H,7H2,1-2H3/t3-,4+,5+,6-/m0/s1. The lowest BCUT2D eigenvalue weighted by atomic mass is 10.2. The molecule has 1 aliphatic heterocycles. The highest BCUT2D eigenvalue weighted by Crippen LogP contribution is 2.19. The summed E-state index contributed by atoms with van der Waals surface area (Å²) in [6, 6.07) is -0.537. The SMILES string of the molecule is CO[C@@H]1O[C@H](OC)[C@H](O)[C@@H]1N. The zero-order valence-corrected chi connectivity index (χ0v) is 6.56. The molecular formula is C6H13NO4. The van der Waals surface area contributed by atoms with Crippen LogP contribution in [0.15, 0.2) is 0 Å². The molecular weight excluding hydrogens is 150 g/mol. The largest absolute Gasteiger partial charge is 0.386 e. The molecule has 0 aromatic heterocycles. The van der Waals surface area contributed by atoms with Crippen molar-refractivity contribution >= 4 is 0 Å². The fraction of sp³-hybridized carbons (Fsp3) is 1.00. The molecule has 5 heteroatoms. The smallest absolute Gasteiger partial charge is 0.187 e. The van der Waals surface area contributed by atoms with E-state index in [1.165, 1.54) is 14.2 Å². The molecule has 1 heterocycles. The van der Waals surface area contributed by atoms with Crippen molar-refractivity contribution in [2.45, 2.75) is 24.7 Å². The van der Waals surface area contributed by atoms with Gasteiger partial charge < -0.3 is 25.1 Å². The van der Waals surface area contributed by atoms with E-state index in [1.54, 1.807) is 0 Å². The van der Waals surface area contributed by atoms with E-state index in [9.17, 15) is 5.11 Å². The predicted octanol–water partition coefficient (Wildman–Crippen LogP) is -1.35. The normalized spacial score (nSPS) is 44.7. The maximum atomic E-state index is 9.30. The van der Waals surface area contributed by atoms with Gasteiger partial charge in [-0.05, 0) is 0 Å². The molecule has 0 aliphatic carbocycles. The van der Waals surface area contributed by atoms with Crippen molar-refractivity contribution in [2.24, 2.45) is 5.73 Å². The summed E-state index contributed by atoms with van der Waals surface area (Å²) in [7, 11) is 2.91. The summed E-state index contributed by atoms with van der Waals surface area (Å²) in [6.45, 7) is 0. The van der Waals surface area contributed by atoms with Gasteiger partial charge in [0.25, 0.3) is 0 Å². The molecule has 0 aromatic carbocycles. The summed E-state index contributed by atoms with van der Waals surface area (Å²) >= 11 is 0. The van der Waals surface area contributed by atoms with Gasteiger partial charge >= 0.3 is 0 Å². The molecule has 0 bridgehead atoms. The maximum absolute atomic E-state index is 9.30. The van der Waals surface area contributed by atoms with E-state index >= 15 is 0 Å². The van der Waals surface area contributed by atoms with Crippen LogP contribution in [0.3, 0.4) is 0 Å². The average Bonchev–Trinajstić information content (AvgIpc) is 2.30. The van der Waals surface area contributed by atoms with Crippen LogP contribution in [0.25, 0.3) is 0 Å². The minimum absolute atomic E-state index is 0.537. The number of rotatable bonds is 2. The van der Waals surface area contributed by atoms with E-state index in [1.807, 2.05) is 0 Å². The second kappa shape index (κ2) is 3.46. The fourth-order valence-corrected chi connectivity index (χ4v) is 1.05. The van der Waals surface area contributed by atoms with Gasteiger partial charge in [0, 0.05) is 14.2 Å². The maximum Gasteiger partial charge on any atom is 0.187 e. The minimum atomic E-state index is -0.815. The summed E-state index contributed by atoms with van der Waals surface area (Å²) in [6.07, 6.45) is -2.06. The molecule has 4 atom stereocenters. The second-order valence-electron chi connectivity index (χ2n) is 2.41. The molecule has 1 saturated heterocycles. The van der Waals surface area contributed by atoms with Crippen LogP contribution in [-0.4, -0.2) is 44.1 Å². The molecule has 66 valence electrons. The van der Waals surface area contributed by atoms with Crippen molar-refractivity contribution in [3.05, 3.63) is 0 Å². The Bertz CT molecular complexity index is 114. The van der Waals surface area contributed by atoms with Gasteiger partial charge in [0.05, 0.1) is 6.04 Å². The van der Waals surface area contributed by atoms with E-state index in [-0.39, 0.29) is 0 Å². The van der Waals surface area contributed by atoms with Gasteiger partial charge in [-0.2, -0.15) is 0 Å². The molecule has 11 heavy (non-hydrogen) atoms. The summed E-state index contributed by atoms with van der Waals surface area (Å²) in [5.74, 6) is 0. The third-order valence-electron chi connectivity index (χ3n) is 1.72. The van der Waals surface area contributed by atoms with Crippen molar-refractivity contribution in [1.29, 1.82) is 0 Å². The molecule has 0 spiro atoms. The molecule has 0 saturated carbocycles. The Morgan fingerprint density at radius 3 is 2.09 bits per heavy atom. The first-order valence-electron chi connectivity index (χ1n) is 3.35. The molecule has 5 nitrogen and oxygen atoms in total. The minimum Gasteiger partial charge on any atom is -0.386 e. The summed E-state index contributed by atoms with van der Waals surface area (Å²) in [5, 5.41) is 9.30.